The van der Waals surface area contributed by atoms with Crippen molar-refractivity contribution >= 4 is 0 Å². The van der Waals surface area contributed by atoms with Crippen LogP contribution in [0.25, 0.3) is 0 Å². The molecular formula is C14H16. The fraction of sp³-hybridized carbons (Fsp3) is 0.429. The summed E-state index contributed by atoms with van der Waals surface area (Å²) in [5.41, 5.74) is 4.74. The van der Waals surface area contributed by atoms with E-state index in [4.69, 9.17) is 0 Å². The van der Waals surface area contributed by atoms with Crippen LogP contribution in [-0.4, -0.2) is 0 Å². The van der Waals surface area contributed by atoms with E-state index >= 15 is 0 Å². The first kappa shape index (κ1) is 8.28. The molecule has 0 aromatic rings. The highest BCUT2D eigenvalue weighted by Gasteiger charge is 2.25. The molecule has 0 heterocycles. The van der Waals surface area contributed by atoms with Crippen molar-refractivity contribution in [2.75, 3.05) is 0 Å². The molecule has 0 heteroatoms. The standard InChI is InChI=1S/C14H16/c1-2-6-12-8-4-10-14(12)13-9-3-7-11(13)5-1/h1,3,5,7,9,12H,2,4,6,8,10H2/b5-1-,14-13-. The highest BCUT2D eigenvalue weighted by molar-refractivity contribution is 5.57. The van der Waals surface area contributed by atoms with Crippen LogP contribution in [0.5, 0.6) is 0 Å². The van der Waals surface area contributed by atoms with Gasteiger partial charge in [-0.2, -0.15) is 0 Å². The summed E-state index contributed by atoms with van der Waals surface area (Å²) in [4.78, 5) is 0. The molecule has 0 spiro atoms. The van der Waals surface area contributed by atoms with Gasteiger partial charge in [0.1, 0.15) is 0 Å². The van der Waals surface area contributed by atoms with Crippen LogP contribution in [0.15, 0.2) is 47.1 Å². The third-order valence-electron chi connectivity index (χ3n) is 3.67. The zero-order valence-electron chi connectivity index (χ0n) is 8.50. The second-order valence-corrected chi connectivity index (χ2v) is 4.49. The maximum atomic E-state index is 2.34. The lowest BCUT2D eigenvalue weighted by atomic mass is 9.88. The Hall–Kier alpha value is -1.04. The van der Waals surface area contributed by atoms with Gasteiger partial charge in [0.05, 0.1) is 0 Å². The summed E-state index contributed by atoms with van der Waals surface area (Å²) in [5.74, 6) is 0.890. The van der Waals surface area contributed by atoms with Crippen molar-refractivity contribution in [1.82, 2.24) is 0 Å². The van der Waals surface area contributed by atoms with Gasteiger partial charge >= 0.3 is 0 Å². The van der Waals surface area contributed by atoms with Crippen LogP contribution in [0, 0.1) is 5.92 Å². The highest BCUT2D eigenvalue weighted by atomic mass is 14.3. The molecule has 72 valence electrons. The highest BCUT2D eigenvalue weighted by Crippen LogP contribution is 2.41. The normalized spacial score (nSPS) is 37.1. The Morgan fingerprint density at radius 3 is 3.14 bits per heavy atom. The molecule has 1 atom stereocenters. The smallest absolute Gasteiger partial charge is 0.0188 e. The zero-order valence-corrected chi connectivity index (χ0v) is 8.50. The molecular weight excluding hydrogens is 168 g/mol. The van der Waals surface area contributed by atoms with E-state index in [9.17, 15) is 0 Å². The predicted molar refractivity (Wildman–Crippen MR) is 60.0 cm³/mol. The van der Waals surface area contributed by atoms with Gasteiger partial charge in [0.15, 0.2) is 0 Å². The van der Waals surface area contributed by atoms with Gasteiger partial charge in [-0.05, 0) is 49.2 Å². The van der Waals surface area contributed by atoms with E-state index in [0.717, 1.165) is 5.92 Å². The molecule has 3 aliphatic carbocycles. The van der Waals surface area contributed by atoms with Gasteiger partial charge < -0.3 is 0 Å². The van der Waals surface area contributed by atoms with Crippen molar-refractivity contribution in [2.45, 2.75) is 32.1 Å². The van der Waals surface area contributed by atoms with Crippen LogP contribution in [0.2, 0.25) is 0 Å². The Morgan fingerprint density at radius 1 is 1.14 bits per heavy atom. The van der Waals surface area contributed by atoms with Crippen molar-refractivity contribution in [3.05, 3.63) is 47.1 Å². The Morgan fingerprint density at radius 2 is 2.14 bits per heavy atom. The van der Waals surface area contributed by atoms with Crippen LogP contribution >= 0.6 is 0 Å². The van der Waals surface area contributed by atoms with Crippen molar-refractivity contribution in [2.24, 2.45) is 5.92 Å². The third kappa shape index (κ3) is 1.21. The molecule has 3 aliphatic rings. The van der Waals surface area contributed by atoms with Gasteiger partial charge in [0, 0.05) is 0 Å². The van der Waals surface area contributed by atoms with Crippen LogP contribution in [0.3, 0.4) is 0 Å². The number of hydrogen-bond acceptors (Lipinski definition) is 0. The molecule has 3 rings (SSSR count). The first-order valence-corrected chi connectivity index (χ1v) is 5.73. The maximum Gasteiger partial charge on any atom is -0.0188 e. The van der Waals surface area contributed by atoms with E-state index in [-0.39, 0.29) is 0 Å². The van der Waals surface area contributed by atoms with Gasteiger partial charge in [-0.25, -0.2) is 0 Å². The summed E-state index contributed by atoms with van der Waals surface area (Å²) in [5, 5.41) is 0. The van der Waals surface area contributed by atoms with Crippen molar-refractivity contribution in [1.29, 1.82) is 0 Å². The predicted octanol–water partition coefficient (Wildman–Crippen LogP) is 3.93. The number of rotatable bonds is 0. The monoisotopic (exact) mass is 184 g/mol. The van der Waals surface area contributed by atoms with Crippen LogP contribution in [0.4, 0.5) is 0 Å². The Balaban J connectivity index is 2.09. The summed E-state index contributed by atoms with van der Waals surface area (Å²) in [6, 6.07) is 0. The molecule has 1 saturated carbocycles. The second-order valence-electron chi connectivity index (χ2n) is 4.49. The van der Waals surface area contributed by atoms with Gasteiger partial charge in [0.25, 0.3) is 0 Å². The topological polar surface area (TPSA) is 0 Å². The largest absolute Gasteiger partial charge is 0.0839 e. The van der Waals surface area contributed by atoms with Gasteiger partial charge in [-0.3, -0.25) is 0 Å². The minimum absolute atomic E-state index is 0.890. The van der Waals surface area contributed by atoms with Gasteiger partial charge in [-0.15, -0.1) is 0 Å². The summed E-state index contributed by atoms with van der Waals surface area (Å²) in [6.45, 7) is 0. The molecule has 0 N–H and O–H groups in total. The van der Waals surface area contributed by atoms with Crippen molar-refractivity contribution in [3.63, 3.8) is 0 Å². The molecule has 0 aromatic heterocycles. The fourth-order valence-electron chi connectivity index (χ4n) is 2.97. The molecule has 0 radical (unpaired) electrons. The minimum Gasteiger partial charge on any atom is -0.0839 e. The Labute approximate surface area is 85.7 Å². The van der Waals surface area contributed by atoms with E-state index in [1.807, 2.05) is 0 Å². The molecule has 14 heavy (non-hydrogen) atoms. The van der Waals surface area contributed by atoms with Gasteiger partial charge in [0.2, 0.25) is 0 Å². The lowest BCUT2D eigenvalue weighted by Crippen LogP contribution is -2.01. The van der Waals surface area contributed by atoms with E-state index in [1.165, 1.54) is 37.7 Å². The Bertz CT molecular complexity index is 363. The minimum atomic E-state index is 0.890. The number of allylic oxidation sites excluding steroid dienone is 8. The average Bonchev–Trinajstić information content (AvgIpc) is 2.75. The van der Waals surface area contributed by atoms with Crippen LogP contribution < -0.4 is 0 Å². The molecule has 0 amide bonds. The van der Waals surface area contributed by atoms with Crippen molar-refractivity contribution in [3.8, 4) is 0 Å². The molecule has 0 aliphatic heterocycles. The summed E-state index contributed by atoms with van der Waals surface area (Å²) >= 11 is 0. The van der Waals surface area contributed by atoms with Crippen LogP contribution in [-0.2, 0) is 0 Å². The van der Waals surface area contributed by atoms with Crippen molar-refractivity contribution < 1.29 is 0 Å². The maximum absolute atomic E-state index is 2.34. The van der Waals surface area contributed by atoms with E-state index in [1.54, 1.807) is 11.1 Å². The Kier molecular flexibility index (Phi) is 1.93. The molecule has 0 aromatic carbocycles. The summed E-state index contributed by atoms with van der Waals surface area (Å²) in [7, 11) is 0. The number of fused-ring (bicyclic) bond motifs is 2. The van der Waals surface area contributed by atoms with E-state index in [2.05, 4.69) is 30.4 Å². The molecule has 0 saturated heterocycles. The zero-order chi connectivity index (χ0) is 9.38. The van der Waals surface area contributed by atoms with E-state index in [0.29, 0.717) is 0 Å². The summed E-state index contributed by atoms with van der Waals surface area (Å²) < 4.78 is 0. The number of hydrogen-bond donors (Lipinski definition) is 0. The molecule has 0 nitrogen and oxygen atoms in total. The molecule has 0 bridgehead atoms. The SMILES string of the molecule is C1=C/C2=C3\CCCC3CC/C=C\C2=C1. The third-order valence-corrected chi connectivity index (χ3v) is 3.67. The quantitative estimate of drug-likeness (QED) is 0.535. The van der Waals surface area contributed by atoms with Gasteiger partial charge in [-0.1, -0.05) is 36.0 Å². The first-order valence-electron chi connectivity index (χ1n) is 5.73. The second kappa shape index (κ2) is 3.27. The molecule has 1 fully saturated rings. The summed E-state index contributed by atoms with van der Waals surface area (Å²) in [6.07, 6.45) is 18.2. The first-order chi connectivity index (χ1) is 6.95. The lowest BCUT2D eigenvalue weighted by Gasteiger charge is -2.16. The average molecular weight is 184 g/mol. The fourth-order valence-corrected chi connectivity index (χ4v) is 2.97. The molecule has 1 unspecified atom stereocenters. The lowest BCUT2D eigenvalue weighted by molar-refractivity contribution is 0.575. The van der Waals surface area contributed by atoms with E-state index < -0.39 is 0 Å². The van der Waals surface area contributed by atoms with Crippen LogP contribution in [0.1, 0.15) is 32.1 Å².